The number of amides is 1. The van der Waals surface area contributed by atoms with E-state index in [1.54, 1.807) is 7.11 Å². The zero-order valence-electron chi connectivity index (χ0n) is 21.6. The molecule has 0 spiro atoms. The predicted octanol–water partition coefficient (Wildman–Crippen LogP) is 8.22. The highest BCUT2D eigenvalue weighted by Gasteiger charge is 2.41. The summed E-state index contributed by atoms with van der Waals surface area (Å²) in [6.45, 7) is 2.68. The van der Waals surface area contributed by atoms with E-state index in [0.29, 0.717) is 28.9 Å². The van der Waals surface area contributed by atoms with Crippen molar-refractivity contribution in [1.82, 2.24) is 4.90 Å². The number of aliphatic imine (C=N–C) groups is 1. The quantitative estimate of drug-likeness (QED) is 0.260. The van der Waals surface area contributed by atoms with Gasteiger partial charge in [-0.1, -0.05) is 68.3 Å². The van der Waals surface area contributed by atoms with Crippen molar-refractivity contribution in [2.75, 3.05) is 7.11 Å². The van der Waals surface area contributed by atoms with Crippen molar-refractivity contribution in [3.05, 3.63) is 93.3 Å². The Bertz CT molecular complexity index is 1340. The Balaban J connectivity index is 1.45. The van der Waals surface area contributed by atoms with Crippen molar-refractivity contribution in [1.29, 1.82) is 0 Å². The molecule has 3 aromatic rings. The lowest BCUT2D eigenvalue weighted by Crippen LogP contribution is -2.44. The van der Waals surface area contributed by atoms with Gasteiger partial charge >= 0.3 is 0 Å². The Hall–Kier alpha value is -3.03. The highest BCUT2D eigenvalue weighted by atomic mass is 79.9. The number of methoxy groups -OCH3 is 1. The molecule has 1 amide bonds. The molecule has 7 heteroatoms. The molecule has 0 bridgehead atoms. The highest BCUT2D eigenvalue weighted by molar-refractivity contribution is 9.10. The third-order valence-electron chi connectivity index (χ3n) is 6.99. The van der Waals surface area contributed by atoms with Gasteiger partial charge in [0.2, 0.25) is 0 Å². The van der Waals surface area contributed by atoms with Gasteiger partial charge in [0, 0.05) is 6.04 Å². The number of thioether (sulfide) groups is 1. The average molecular weight is 592 g/mol. The van der Waals surface area contributed by atoms with Crippen molar-refractivity contribution in [3.8, 4) is 11.5 Å². The number of nitrogens with zero attached hydrogens (tertiary/aromatic N) is 2. The van der Waals surface area contributed by atoms with Crippen molar-refractivity contribution in [2.24, 2.45) is 10.9 Å². The summed E-state index contributed by atoms with van der Waals surface area (Å²) < 4.78 is 12.5. The van der Waals surface area contributed by atoms with Crippen LogP contribution in [-0.2, 0) is 11.4 Å². The fourth-order valence-corrected chi connectivity index (χ4v) is 6.61. The maximum absolute atomic E-state index is 13.8. The minimum atomic E-state index is 0.0166. The molecule has 0 unspecified atom stereocenters. The first-order valence-corrected chi connectivity index (χ1v) is 14.6. The van der Waals surface area contributed by atoms with Gasteiger partial charge < -0.3 is 9.47 Å². The molecule has 0 N–H and O–H groups in total. The molecule has 196 valence electrons. The van der Waals surface area contributed by atoms with Crippen LogP contribution >= 0.6 is 27.7 Å². The summed E-state index contributed by atoms with van der Waals surface area (Å²) in [6, 6.07) is 23.9. The van der Waals surface area contributed by atoms with Gasteiger partial charge in [0.25, 0.3) is 5.91 Å². The Kier molecular flexibility index (Phi) is 8.55. The zero-order chi connectivity index (χ0) is 26.5. The van der Waals surface area contributed by atoms with Gasteiger partial charge in [0.05, 0.1) is 22.2 Å². The van der Waals surface area contributed by atoms with Crippen LogP contribution in [0.1, 0.15) is 43.7 Å². The summed E-state index contributed by atoms with van der Waals surface area (Å²) in [5.74, 6) is 1.69. The first kappa shape index (κ1) is 26.6. The van der Waals surface area contributed by atoms with Crippen molar-refractivity contribution < 1.29 is 14.3 Å². The molecule has 1 heterocycles. The minimum Gasteiger partial charge on any atom is -0.493 e. The van der Waals surface area contributed by atoms with E-state index in [2.05, 4.69) is 22.9 Å². The Morgan fingerprint density at radius 3 is 2.47 bits per heavy atom. The standard InChI is InChI=1S/C31H31BrN2O3S/c1-21-11-9-10-16-26(21)34-30(35)28(38-31(34)33-24-14-7-4-8-15-24)19-23-17-25(32)29(27(18-23)36-2)37-20-22-12-5-3-6-13-22/h3-8,12-15,17-19,21,26H,9-11,16,20H2,1-2H3/b28-19-,33-31?/t21-,26-/m0/s1. The molecule has 2 atom stereocenters. The zero-order valence-corrected chi connectivity index (χ0v) is 24.0. The van der Waals surface area contributed by atoms with Crippen LogP contribution in [0.5, 0.6) is 11.5 Å². The van der Waals surface area contributed by atoms with E-state index in [1.807, 2.05) is 83.8 Å². The van der Waals surface area contributed by atoms with Crippen LogP contribution in [-0.4, -0.2) is 29.1 Å². The third-order valence-corrected chi connectivity index (χ3v) is 8.56. The third kappa shape index (κ3) is 6.00. The summed E-state index contributed by atoms with van der Waals surface area (Å²) in [5.41, 5.74) is 2.78. The molecule has 2 aliphatic rings. The number of benzene rings is 3. The normalized spacial score (nSPS) is 21.8. The van der Waals surface area contributed by atoms with Gasteiger partial charge in [-0.25, -0.2) is 4.99 Å². The lowest BCUT2D eigenvalue weighted by Gasteiger charge is -2.35. The van der Waals surface area contributed by atoms with Crippen LogP contribution in [0.3, 0.4) is 0 Å². The molecule has 1 saturated carbocycles. The van der Waals surface area contributed by atoms with Crippen molar-refractivity contribution >= 4 is 50.5 Å². The number of carbonyl (C=O) groups excluding carboxylic acids is 1. The summed E-state index contributed by atoms with van der Waals surface area (Å²) in [4.78, 5) is 21.3. The number of halogens is 1. The summed E-state index contributed by atoms with van der Waals surface area (Å²) in [7, 11) is 1.63. The predicted molar refractivity (Wildman–Crippen MR) is 159 cm³/mol. The number of rotatable bonds is 7. The van der Waals surface area contributed by atoms with Gasteiger partial charge in [0.15, 0.2) is 16.7 Å². The fourth-order valence-electron chi connectivity index (χ4n) is 4.99. The van der Waals surface area contributed by atoms with Gasteiger partial charge in [-0.2, -0.15) is 0 Å². The molecule has 38 heavy (non-hydrogen) atoms. The molecule has 0 radical (unpaired) electrons. The van der Waals surface area contributed by atoms with Crippen LogP contribution in [0, 0.1) is 5.92 Å². The van der Waals surface area contributed by atoms with Gasteiger partial charge in [-0.3, -0.25) is 9.69 Å². The fraction of sp³-hybridized carbons (Fsp3) is 0.290. The Labute approximate surface area is 237 Å². The van der Waals surface area contributed by atoms with E-state index < -0.39 is 0 Å². The smallest absolute Gasteiger partial charge is 0.267 e. The summed E-state index contributed by atoms with van der Waals surface area (Å²) in [5, 5.41) is 0.750. The van der Waals surface area contributed by atoms with Crippen LogP contribution in [0.15, 0.2) is 87.2 Å². The molecular formula is C31H31BrN2O3S. The topological polar surface area (TPSA) is 51.1 Å². The Morgan fingerprint density at radius 1 is 1.05 bits per heavy atom. The van der Waals surface area contributed by atoms with Gasteiger partial charge in [-0.15, -0.1) is 0 Å². The van der Waals surface area contributed by atoms with E-state index in [0.717, 1.165) is 45.7 Å². The number of para-hydroxylation sites is 1. The molecule has 1 aliphatic carbocycles. The van der Waals surface area contributed by atoms with E-state index in [9.17, 15) is 4.79 Å². The van der Waals surface area contributed by atoms with E-state index in [4.69, 9.17) is 14.5 Å². The van der Waals surface area contributed by atoms with Gasteiger partial charge in [-0.05, 0) is 87.9 Å². The molecule has 1 aliphatic heterocycles. The summed E-state index contributed by atoms with van der Waals surface area (Å²) in [6.07, 6.45) is 6.41. The molecule has 5 nitrogen and oxygen atoms in total. The van der Waals surface area contributed by atoms with E-state index >= 15 is 0 Å². The molecule has 2 fully saturated rings. The second-order valence-electron chi connectivity index (χ2n) is 9.65. The molecular weight excluding hydrogens is 560 g/mol. The maximum Gasteiger partial charge on any atom is 0.267 e. The highest BCUT2D eigenvalue weighted by Crippen LogP contribution is 2.42. The second kappa shape index (κ2) is 12.2. The van der Waals surface area contributed by atoms with Crippen LogP contribution in [0.2, 0.25) is 0 Å². The van der Waals surface area contributed by atoms with Crippen LogP contribution < -0.4 is 9.47 Å². The van der Waals surface area contributed by atoms with E-state index in [1.165, 1.54) is 18.2 Å². The van der Waals surface area contributed by atoms with Crippen LogP contribution in [0.4, 0.5) is 5.69 Å². The minimum absolute atomic E-state index is 0.0166. The molecule has 0 aromatic heterocycles. The molecule has 3 aromatic carbocycles. The average Bonchev–Trinajstić information content (AvgIpc) is 3.23. The SMILES string of the molecule is COc1cc(/C=C2\SC(=Nc3ccccc3)N([C@H]3CCCC[C@@H]3C)C2=O)cc(Br)c1OCc1ccccc1. The largest absolute Gasteiger partial charge is 0.493 e. The molecule has 5 rings (SSSR count). The first-order chi connectivity index (χ1) is 18.5. The number of hydrogen-bond donors (Lipinski definition) is 0. The number of hydrogen-bond acceptors (Lipinski definition) is 5. The monoisotopic (exact) mass is 590 g/mol. The first-order valence-electron chi connectivity index (χ1n) is 12.9. The van der Waals surface area contributed by atoms with Crippen LogP contribution in [0.25, 0.3) is 6.08 Å². The lowest BCUT2D eigenvalue weighted by molar-refractivity contribution is -0.124. The maximum atomic E-state index is 13.8. The van der Waals surface area contributed by atoms with Crippen molar-refractivity contribution in [3.63, 3.8) is 0 Å². The number of carbonyl (C=O) groups is 1. The lowest BCUT2D eigenvalue weighted by atomic mass is 9.85. The van der Waals surface area contributed by atoms with E-state index in [-0.39, 0.29) is 11.9 Å². The molecule has 1 saturated heterocycles. The second-order valence-corrected chi connectivity index (χ2v) is 11.5. The number of amidine groups is 1. The van der Waals surface area contributed by atoms with Gasteiger partial charge in [0.1, 0.15) is 6.61 Å². The Morgan fingerprint density at radius 2 is 1.76 bits per heavy atom. The number of ether oxygens (including phenoxy) is 2. The summed E-state index contributed by atoms with van der Waals surface area (Å²) >= 11 is 5.10. The van der Waals surface area contributed by atoms with Crippen molar-refractivity contribution in [2.45, 2.75) is 45.3 Å².